The molecule has 1 aliphatic rings. The number of aryl methyl sites for hydroxylation is 1. The molecule has 1 aromatic carbocycles. The van der Waals surface area contributed by atoms with Gasteiger partial charge in [-0.25, -0.2) is 0 Å². The maximum Gasteiger partial charge on any atom is 0.251 e. The van der Waals surface area contributed by atoms with E-state index in [4.69, 9.17) is 9.84 Å². The van der Waals surface area contributed by atoms with Crippen molar-refractivity contribution in [2.45, 2.75) is 45.9 Å². The first-order chi connectivity index (χ1) is 15.3. The quantitative estimate of drug-likeness (QED) is 0.516. The fraction of sp³-hybridized carbons (Fsp3) is 0.435. The van der Waals surface area contributed by atoms with Gasteiger partial charge in [-0.1, -0.05) is 32.0 Å². The Morgan fingerprint density at radius 1 is 1.28 bits per heavy atom. The Bertz CT molecular complexity index is 984. The minimum Gasteiger partial charge on any atom is -0.459 e. The van der Waals surface area contributed by atoms with E-state index in [0.29, 0.717) is 23.7 Å². The highest BCUT2D eigenvalue weighted by Crippen LogP contribution is 2.25. The summed E-state index contributed by atoms with van der Waals surface area (Å²) in [4.78, 5) is 27.3. The number of hydrogen-bond donors (Lipinski definition) is 3. The molecule has 9 heteroatoms. The van der Waals surface area contributed by atoms with Crippen LogP contribution in [0.2, 0.25) is 0 Å². The highest BCUT2D eigenvalue weighted by atomic mass is 16.5. The van der Waals surface area contributed by atoms with Crippen molar-refractivity contribution in [3.8, 4) is 5.75 Å². The van der Waals surface area contributed by atoms with Gasteiger partial charge in [-0.05, 0) is 30.9 Å². The van der Waals surface area contributed by atoms with Gasteiger partial charge in [0, 0.05) is 18.3 Å². The molecule has 1 aliphatic heterocycles. The zero-order chi connectivity index (χ0) is 23.3. The van der Waals surface area contributed by atoms with Crippen LogP contribution in [0.1, 0.15) is 25.8 Å². The van der Waals surface area contributed by atoms with E-state index in [-0.39, 0.29) is 37.4 Å². The van der Waals surface area contributed by atoms with Gasteiger partial charge in [-0.3, -0.25) is 14.3 Å². The first kappa shape index (κ1) is 23.5. The lowest BCUT2D eigenvalue weighted by atomic mass is 10.0. The number of anilines is 1. The van der Waals surface area contributed by atoms with Crippen LogP contribution in [-0.2, 0) is 16.1 Å². The first-order valence-electron chi connectivity index (χ1n) is 10.6. The van der Waals surface area contributed by atoms with Crippen molar-refractivity contribution in [3.05, 3.63) is 53.9 Å². The van der Waals surface area contributed by atoms with E-state index in [1.54, 1.807) is 12.3 Å². The Labute approximate surface area is 187 Å². The van der Waals surface area contributed by atoms with Crippen LogP contribution in [-0.4, -0.2) is 62.0 Å². The molecule has 2 heterocycles. The molecule has 172 valence electrons. The van der Waals surface area contributed by atoms with Crippen molar-refractivity contribution in [1.29, 1.82) is 0 Å². The molecule has 32 heavy (non-hydrogen) atoms. The van der Waals surface area contributed by atoms with Crippen LogP contribution < -0.4 is 10.1 Å². The van der Waals surface area contributed by atoms with Crippen molar-refractivity contribution in [1.82, 2.24) is 14.7 Å². The molecule has 0 saturated heterocycles. The highest BCUT2D eigenvalue weighted by Gasteiger charge is 2.35. The number of ether oxygens (including phenoxy) is 1. The summed E-state index contributed by atoms with van der Waals surface area (Å²) in [7, 11) is 0. The van der Waals surface area contributed by atoms with Gasteiger partial charge in [-0.2, -0.15) is 5.10 Å². The molecule has 0 aliphatic carbocycles. The largest absolute Gasteiger partial charge is 0.459 e. The monoisotopic (exact) mass is 442 g/mol. The van der Waals surface area contributed by atoms with Crippen LogP contribution in [0.3, 0.4) is 0 Å². The second-order valence-electron chi connectivity index (χ2n) is 8.34. The van der Waals surface area contributed by atoms with Gasteiger partial charge in [0.05, 0.1) is 25.8 Å². The predicted octanol–water partition coefficient (Wildman–Crippen LogP) is 1.70. The third kappa shape index (κ3) is 5.95. The molecule has 0 unspecified atom stereocenters. The molecule has 2 atom stereocenters. The molecular weight excluding hydrogens is 412 g/mol. The third-order valence-electron chi connectivity index (χ3n) is 5.10. The Morgan fingerprint density at radius 3 is 2.72 bits per heavy atom. The lowest BCUT2D eigenvalue weighted by molar-refractivity contribution is -0.133. The van der Waals surface area contributed by atoms with Gasteiger partial charge in [0.25, 0.3) is 5.91 Å². The van der Waals surface area contributed by atoms with Crippen molar-refractivity contribution in [3.63, 3.8) is 0 Å². The molecule has 3 N–H and O–H groups in total. The number of carbonyl (C=O) groups excluding carboxylic acids is 2. The van der Waals surface area contributed by atoms with Gasteiger partial charge < -0.3 is 25.2 Å². The van der Waals surface area contributed by atoms with E-state index in [9.17, 15) is 14.7 Å². The van der Waals surface area contributed by atoms with Gasteiger partial charge >= 0.3 is 0 Å². The van der Waals surface area contributed by atoms with E-state index in [0.717, 1.165) is 5.56 Å². The van der Waals surface area contributed by atoms with Crippen molar-refractivity contribution >= 4 is 17.6 Å². The summed E-state index contributed by atoms with van der Waals surface area (Å²) < 4.78 is 7.35. The van der Waals surface area contributed by atoms with Gasteiger partial charge in [-0.15, -0.1) is 0 Å². The van der Waals surface area contributed by atoms with Crippen LogP contribution in [0.5, 0.6) is 5.75 Å². The number of rotatable bonds is 10. The second-order valence-corrected chi connectivity index (χ2v) is 8.34. The maximum atomic E-state index is 13.1. The number of amides is 2. The molecule has 0 fully saturated rings. The van der Waals surface area contributed by atoms with Crippen LogP contribution in [0, 0.1) is 12.8 Å². The second kappa shape index (κ2) is 10.4. The smallest absolute Gasteiger partial charge is 0.251 e. The minimum atomic E-state index is -0.938. The molecule has 3 rings (SSSR count). The SMILES string of the molecule is Cc1ccccc1OC1=CC(=O)N([C@@H](CC(C)C)C(=O)Nc2ccn(C[C@@H](O)CO)n2)C1. The standard InChI is InChI=1S/C23H30N4O5/c1-15(2)10-19(23(31)24-21-8-9-26(25-21)12-17(29)14-28)27-13-18(11-22(27)30)32-20-7-5-4-6-16(20)3/h4-9,11,15,17,19,28-29H,10,12-14H2,1-3H3,(H,24,25,31)/t17-,19+/m1/s1. The van der Waals surface area contributed by atoms with Crippen LogP contribution in [0.4, 0.5) is 5.82 Å². The number of benzene rings is 1. The summed E-state index contributed by atoms with van der Waals surface area (Å²) in [5.74, 6) is 1.04. The summed E-state index contributed by atoms with van der Waals surface area (Å²) in [6.45, 7) is 5.84. The normalized spacial score (nSPS) is 15.6. The van der Waals surface area contributed by atoms with E-state index in [1.807, 2.05) is 45.0 Å². The number of para-hydroxylation sites is 1. The molecule has 0 spiro atoms. The van der Waals surface area contributed by atoms with Crippen molar-refractivity contribution in [2.24, 2.45) is 5.92 Å². The summed E-state index contributed by atoms with van der Waals surface area (Å²) in [6, 6.07) is 8.46. The van der Waals surface area contributed by atoms with Gasteiger partial charge in [0.2, 0.25) is 5.91 Å². The van der Waals surface area contributed by atoms with E-state index < -0.39 is 12.1 Å². The fourth-order valence-corrected chi connectivity index (χ4v) is 3.49. The molecule has 0 bridgehead atoms. The number of aliphatic hydroxyl groups is 2. The Balaban J connectivity index is 1.69. The van der Waals surface area contributed by atoms with Gasteiger partial charge in [0.15, 0.2) is 5.82 Å². The number of nitrogens with one attached hydrogen (secondary N) is 1. The maximum absolute atomic E-state index is 13.1. The Kier molecular flexibility index (Phi) is 7.66. The van der Waals surface area contributed by atoms with Gasteiger partial charge in [0.1, 0.15) is 17.6 Å². The molecular formula is C23H30N4O5. The van der Waals surface area contributed by atoms with Crippen LogP contribution >= 0.6 is 0 Å². The number of aromatic nitrogens is 2. The average molecular weight is 443 g/mol. The van der Waals surface area contributed by atoms with Crippen LogP contribution in [0.25, 0.3) is 0 Å². The topological polar surface area (TPSA) is 117 Å². The Morgan fingerprint density at radius 2 is 2.03 bits per heavy atom. The molecule has 0 saturated carbocycles. The number of nitrogens with zero attached hydrogens (tertiary/aromatic N) is 3. The number of hydrogen-bond acceptors (Lipinski definition) is 6. The first-order valence-corrected chi connectivity index (χ1v) is 10.6. The highest BCUT2D eigenvalue weighted by molar-refractivity contribution is 5.99. The Hall–Kier alpha value is -3.17. The van der Waals surface area contributed by atoms with Crippen molar-refractivity contribution in [2.75, 3.05) is 18.5 Å². The average Bonchev–Trinajstić information content (AvgIpc) is 3.33. The predicted molar refractivity (Wildman–Crippen MR) is 119 cm³/mol. The third-order valence-corrected chi connectivity index (χ3v) is 5.10. The molecule has 0 radical (unpaired) electrons. The summed E-state index contributed by atoms with van der Waals surface area (Å²) >= 11 is 0. The summed E-state index contributed by atoms with van der Waals surface area (Å²) in [5.41, 5.74) is 0.956. The lowest BCUT2D eigenvalue weighted by Gasteiger charge is -2.28. The van der Waals surface area contributed by atoms with Crippen molar-refractivity contribution < 1.29 is 24.5 Å². The summed E-state index contributed by atoms with van der Waals surface area (Å²) in [6.07, 6.45) is 2.57. The molecule has 2 amide bonds. The molecule has 2 aromatic rings. The molecule has 1 aromatic heterocycles. The minimum absolute atomic E-state index is 0.107. The van der Waals surface area contributed by atoms with E-state index >= 15 is 0 Å². The zero-order valence-electron chi connectivity index (χ0n) is 18.6. The van der Waals surface area contributed by atoms with E-state index in [1.165, 1.54) is 15.7 Å². The number of carbonyl (C=O) groups is 2. The van der Waals surface area contributed by atoms with E-state index in [2.05, 4.69) is 10.4 Å². The zero-order valence-corrected chi connectivity index (χ0v) is 18.6. The van der Waals surface area contributed by atoms with Crippen LogP contribution in [0.15, 0.2) is 48.4 Å². The lowest BCUT2D eigenvalue weighted by Crippen LogP contribution is -2.46. The molecule has 9 nitrogen and oxygen atoms in total. The fourth-order valence-electron chi connectivity index (χ4n) is 3.49. The summed E-state index contributed by atoms with van der Waals surface area (Å²) in [5, 5.41) is 25.5. The number of aliphatic hydroxyl groups excluding tert-OH is 2.